The third kappa shape index (κ3) is 5.06. The van der Waals surface area contributed by atoms with Crippen molar-refractivity contribution in [3.8, 4) is 0 Å². The second-order valence-electron chi connectivity index (χ2n) is 9.28. The molecule has 32 heavy (non-hydrogen) atoms. The number of rotatable bonds is 11. The zero-order valence-electron chi connectivity index (χ0n) is 19.7. The van der Waals surface area contributed by atoms with Gasteiger partial charge in [0, 0.05) is 31.1 Å². The summed E-state index contributed by atoms with van der Waals surface area (Å²) in [6.45, 7) is 6.04. The fourth-order valence-corrected chi connectivity index (χ4v) is 5.02. The van der Waals surface area contributed by atoms with Gasteiger partial charge in [0.25, 0.3) is 0 Å². The van der Waals surface area contributed by atoms with E-state index in [4.69, 9.17) is 4.98 Å². The smallest absolute Gasteiger partial charge is 0.227 e. The Hall–Kier alpha value is -2.62. The van der Waals surface area contributed by atoms with Crippen molar-refractivity contribution in [2.75, 3.05) is 11.4 Å². The van der Waals surface area contributed by atoms with Gasteiger partial charge in [0.2, 0.25) is 5.91 Å². The third-order valence-electron chi connectivity index (χ3n) is 6.82. The Bertz CT molecular complexity index is 1040. The maximum absolute atomic E-state index is 12.9. The first-order valence-corrected chi connectivity index (χ1v) is 12.5. The maximum Gasteiger partial charge on any atom is 0.227 e. The molecule has 170 valence electrons. The molecule has 1 saturated heterocycles. The molecule has 2 aromatic carbocycles. The van der Waals surface area contributed by atoms with Gasteiger partial charge in [0.05, 0.1) is 11.0 Å². The van der Waals surface area contributed by atoms with E-state index in [0.29, 0.717) is 13.0 Å². The summed E-state index contributed by atoms with van der Waals surface area (Å²) in [5, 5.41) is 0. The van der Waals surface area contributed by atoms with Crippen LogP contribution in [0.4, 0.5) is 5.69 Å². The Morgan fingerprint density at radius 2 is 1.59 bits per heavy atom. The first-order valence-electron chi connectivity index (χ1n) is 12.5. The molecule has 1 aliphatic rings. The number of benzene rings is 2. The lowest BCUT2D eigenvalue weighted by molar-refractivity contribution is -0.117. The molecule has 3 aromatic rings. The van der Waals surface area contributed by atoms with Crippen molar-refractivity contribution < 1.29 is 4.79 Å². The van der Waals surface area contributed by atoms with Crippen LogP contribution in [0, 0.1) is 6.92 Å². The molecule has 1 aliphatic heterocycles. The van der Waals surface area contributed by atoms with Crippen LogP contribution in [0.2, 0.25) is 0 Å². The van der Waals surface area contributed by atoms with Crippen LogP contribution in [0.3, 0.4) is 0 Å². The number of carbonyl (C=O) groups excluding carboxylic acids is 1. The standard InChI is InChI=1S/C28H37N3O/c1-3-4-5-6-7-8-9-14-19-30-26-18-13-11-16-24(26)29-28(30)23-20-27(32)31(21-23)25-17-12-10-15-22(25)2/h10-13,15-18,23H,3-9,14,19-21H2,1-2H3/t23-/m1/s1. The van der Waals surface area contributed by atoms with Gasteiger partial charge in [0.1, 0.15) is 5.82 Å². The summed E-state index contributed by atoms with van der Waals surface area (Å²) in [6, 6.07) is 16.6. The second kappa shape index (κ2) is 10.8. The van der Waals surface area contributed by atoms with Crippen molar-refractivity contribution in [2.24, 2.45) is 0 Å². The number of unbranched alkanes of at least 4 members (excludes halogenated alkanes) is 7. The minimum absolute atomic E-state index is 0.142. The second-order valence-corrected chi connectivity index (χ2v) is 9.28. The Kier molecular flexibility index (Phi) is 7.62. The quantitative estimate of drug-likeness (QED) is 0.306. The van der Waals surface area contributed by atoms with Crippen LogP contribution < -0.4 is 4.90 Å². The molecule has 1 fully saturated rings. The minimum Gasteiger partial charge on any atom is -0.328 e. The topological polar surface area (TPSA) is 38.1 Å². The molecule has 0 spiro atoms. The lowest BCUT2D eigenvalue weighted by Crippen LogP contribution is -2.25. The number of fused-ring (bicyclic) bond motifs is 1. The average molecular weight is 432 g/mol. The number of anilines is 1. The fourth-order valence-electron chi connectivity index (χ4n) is 5.02. The summed E-state index contributed by atoms with van der Waals surface area (Å²) in [7, 11) is 0. The number of nitrogens with zero attached hydrogens (tertiary/aromatic N) is 3. The van der Waals surface area contributed by atoms with Gasteiger partial charge in [-0.25, -0.2) is 4.98 Å². The summed E-state index contributed by atoms with van der Waals surface area (Å²) in [5.41, 5.74) is 4.43. The zero-order valence-corrected chi connectivity index (χ0v) is 19.7. The van der Waals surface area contributed by atoms with Crippen LogP contribution >= 0.6 is 0 Å². The van der Waals surface area contributed by atoms with Crippen molar-refractivity contribution in [3.63, 3.8) is 0 Å². The van der Waals surface area contributed by atoms with Crippen LogP contribution in [0.25, 0.3) is 11.0 Å². The third-order valence-corrected chi connectivity index (χ3v) is 6.82. The molecule has 4 nitrogen and oxygen atoms in total. The van der Waals surface area contributed by atoms with E-state index in [1.54, 1.807) is 0 Å². The summed E-state index contributed by atoms with van der Waals surface area (Å²) >= 11 is 0. The summed E-state index contributed by atoms with van der Waals surface area (Å²) in [5.74, 6) is 1.43. The largest absolute Gasteiger partial charge is 0.328 e. The lowest BCUT2D eigenvalue weighted by Gasteiger charge is -2.19. The first kappa shape index (κ1) is 22.6. The molecule has 0 saturated carbocycles. The highest BCUT2D eigenvalue weighted by Crippen LogP contribution is 2.34. The van der Waals surface area contributed by atoms with Gasteiger partial charge >= 0.3 is 0 Å². The highest BCUT2D eigenvalue weighted by Gasteiger charge is 2.35. The predicted molar refractivity (Wildman–Crippen MR) is 133 cm³/mol. The van der Waals surface area contributed by atoms with Gasteiger partial charge in [-0.15, -0.1) is 0 Å². The Balaban J connectivity index is 1.46. The van der Waals surface area contributed by atoms with E-state index < -0.39 is 0 Å². The van der Waals surface area contributed by atoms with E-state index in [9.17, 15) is 4.79 Å². The molecule has 1 amide bonds. The zero-order chi connectivity index (χ0) is 22.3. The minimum atomic E-state index is 0.142. The predicted octanol–water partition coefficient (Wildman–Crippen LogP) is 7.01. The fraction of sp³-hybridized carbons (Fsp3) is 0.500. The van der Waals surface area contributed by atoms with Crippen molar-refractivity contribution in [3.05, 3.63) is 59.9 Å². The number of hydrogen-bond donors (Lipinski definition) is 0. The lowest BCUT2D eigenvalue weighted by atomic mass is 10.1. The van der Waals surface area contributed by atoms with E-state index >= 15 is 0 Å². The Morgan fingerprint density at radius 3 is 2.38 bits per heavy atom. The van der Waals surface area contributed by atoms with Gasteiger partial charge in [-0.2, -0.15) is 0 Å². The van der Waals surface area contributed by atoms with Crippen LogP contribution in [0.15, 0.2) is 48.5 Å². The molecule has 0 N–H and O–H groups in total. The van der Waals surface area contributed by atoms with Crippen molar-refractivity contribution >= 4 is 22.6 Å². The molecule has 4 heteroatoms. The van der Waals surface area contributed by atoms with E-state index in [1.807, 2.05) is 17.0 Å². The van der Waals surface area contributed by atoms with E-state index in [1.165, 1.54) is 56.9 Å². The van der Waals surface area contributed by atoms with E-state index in [-0.39, 0.29) is 11.8 Å². The summed E-state index contributed by atoms with van der Waals surface area (Å²) in [6.07, 6.45) is 11.0. The average Bonchev–Trinajstić information content (AvgIpc) is 3.36. The molecule has 0 radical (unpaired) electrons. The van der Waals surface area contributed by atoms with E-state index in [0.717, 1.165) is 29.1 Å². The monoisotopic (exact) mass is 431 g/mol. The summed E-state index contributed by atoms with van der Waals surface area (Å²) < 4.78 is 2.39. The van der Waals surface area contributed by atoms with Crippen molar-refractivity contribution in [1.29, 1.82) is 0 Å². The number of aryl methyl sites for hydroxylation is 2. The van der Waals surface area contributed by atoms with Gasteiger partial charge < -0.3 is 9.47 Å². The number of hydrogen-bond acceptors (Lipinski definition) is 2. The Labute approximate surface area is 192 Å². The maximum atomic E-state index is 12.9. The molecule has 2 heterocycles. The van der Waals surface area contributed by atoms with Crippen molar-refractivity contribution in [2.45, 2.75) is 84.1 Å². The number of imidazole rings is 1. The first-order chi connectivity index (χ1) is 15.7. The van der Waals surface area contributed by atoms with Gasteiger partial charge in [-0.1, -0.05) is 82.2 Å². The number of para-hydroxylation sites is 3. The highest BCUT2D eigenvalue weighted by atomic mass is 16.2. The highest BCUT2D eigenvalue weighted by molar-refractivity contribution is 5.97. The number of aromatic nitrogens is 2. The molecule has 0 bridgehead atoms. The van der Waals surface area contributed by atoms with Gasteiger partial charge in [0.15, 0.2) is 0 Å². The van der Waals surface area contributed by atoms with Crippen LogP contribution in [0.5, 0.6) is 0 Å². The molecule has 0 unspecified atom stereocenters. The molecule has 4 rings (SSSR count). The number of carbonyl (C=O) groups is 1. The SMILES string of the molecule is CCCCCCCCCCn1c([C@@H]2CC(=O)N(c3ccccc3C)C2)nc2ccccc21. The Morgan fingerprint density at radius 1 is 0.906 bits per heavy atom. The van der Waals surface area contributed by atoms with Crippen LogP contribution in [-0.4, -0.2) is 22.0 Å². The summed E-state index contributed by atoms with van der Waals surface area (Å²) in [4.78, 5) is 19.9. The molecule has 0 aliphatic carbocycles. The molecular weight excluding hydrogens is 394 g/mol. The van der Waals surface area contributed by atoms with E-state index in [2.05, 4.69) is 54.8 Å². The number of amides is 1. The molecular formula is C28H37N3O. The molecule has 1 atom stereocenters. The molecule has 1 aromatic heterocycles. The van der Waals surface area contributed by atoms with Gasteiger partial charge in [-0.05, 0) is 37.1 Å². The van der Waals surface area contributed by atoms with Gasteiger partial charge in [-0.3, -0.25) is 4.79 Å². The van der Waals surface area contributed by atoms with Crippen LogP contribution in [0.1, 0.15) is 82.0 Å². The van der Waals surface area contributed by atoms with Crippen molar-refractivity contribution in [1.82, 2.24) is 9.55 Å². The normalized spacial score (nSPS) is 16.4. The van der Waals surface area contributed by atoms with Crippen LogP contribution in [-0.2, 0) is 11.3 Å².